The predicted molar refractivity (Wildman–Crippen MR) is 94.3 cm³/mol. The minimum Gasteiger partial charge on any atom is -0.451 e. The fraction of sp³-hybridized carbons (Fsp3) is 0.0556. The SMILES string of the molecule is C#CCOc1nc2c(-c3cc(F)c(F)c(F)c3)c(-c3cccnn3)nn2c(=O)[nH]1. The molecule has 0 aliphatic carbocycles. The second-order valence-electron chi connectivity index (χ2n) is 5.66. The van der Waals surface area contributed by atoms with E-state index in [1.54, 1.807) is 6.07 Å². The molecule has 3 heterocycles. The Bertz CT molecular complexity index is 1300. The topological polar surface area (TPSA) is 98.1 Å². The van der Waals surface area contributed by atoms with E-state index in [0.29, 0.717) is 0 Å². The molecule has 4 aromatic rings. The van der Waals surface area contributed by atoms with E-state index >= 15 is 0 Å². The average molecular weight is 398 g/mol. The molecular formula is C18H9F3N6O2. The molecule has 3 aromatic heterocycles. The third kappa shape index (κ3) is 3.16. The van der Waals surface area contributed by atoms with E-state index in [2.05, 4.69) is 31.2 Å². The Balaban J connectivity index is 2.07. The molecule has 0 fully saturated rings. The molecule has 0 unspecified atom stereocenters. The number of nitrogens with zero attached hydrogens (tertiary/aromatic N) is 5. The number of rotatable bonds is 4. The van der Waals surface area contributed by atoms with Crippen LogP contribution in [0.15, 0.2) is 35.3 Å². The van der Waals surface area contributed by atoms with Crippen LogP contribution < -0.4 is 10.4 Å². The van der Waals surface area contributed by atoms with Crippen molar-refractivity contribution in [3.63, 3.8) is 0 Å². The lowest BCUT2D eigenvalue weighted by Crippen LogP contribution is -2.20. The van der Waals surface area contributed by atoms with Crippen LogP contribution in [0.2, 0.25) is 0 Å². The van der Waals surface area contributed by atoms with Gasteiger partial charge in [0.1, 0.15) is 11.4 Å². The monoisotopic (exact) mass is 398 g/mol. The number of terminal acetylenes is 1. The summed E-state index contributed by atoms with van der Waals surface area (Å²) in [4.78, 5) is 18.9. The van der Waals surface area contributed by atoms with Crippen LogP contribution in [0.3, 0.4) is 0 Å². The van der Waals surface area contributed by atoms with Crippen molar-refractivity contribution in [2.75, 3.05) is 6.61 Å². The summed E-state index contributed by atoms with van der Waals surface area (Å²) in [6, 6.07) is 4.38. The van der Waals surface area contributed by atoms with Gasteiger partial charge in [-0.15, -0.1) is 11.5 Å². The van der Waals surface area contributed by atoms with Gasteiger partial charge in [0, 0.05) is 6.20 Å². The summed E-state index contributed by atoms with van der Waals surface area (Å²) in [5.74, 6) is -2.25. The van der Waals surface area contributed by atoms with Crippen molar-refractivity contribution < 1.29 is 17.9 Å². The summed E-state index contributed by atoms with van der Waals surface area (Å²) in [6.07, 6.45) is 6.54. The highest BCUT2D eigenvalue weighted by Gasteiger charge is 2.23. The number of hydrogen-bond donors (Lipinski definition) is 1. The van der Waals surface area contributed by atoms with Crippen molar-refractivity contribution in [2.45, 2.75) is 0 Å². The summed E-state index contributed by atoms with van der Waals surface area (Å²) in [7, 11) is 0. The predicted octanol–water partition coefficient (Wildman–Crippen LogP) is 1.97. The number of halogens is 3. The lowest BCUT2D eigenvalue weighted by molar-refractivity contribution is 0.337. The van der Waals surface area contributed by atoms with Crippen LogP contribution >= 0.6 is 0 Å². The van der Waals surface area contributed by atoms with Crippen molar-refractivity contribution in [1.29, 1.82) is 0 Å². The van der Waals surface area contributed by atoms with Crippen molar-refractivity contribution in [3.05, 3.63) is 58.4 Å². The maximum absolute atomic E-state index is 13.9. The summed E-state index contributed by atoms with van der Waals surface area (Å²) >= 11 is 0. The highest BCUT2D eigenvalue weighted by atomic mass is 19.2. The Hall–Kier alpha value is -4.20. The van der Waals surface area contributed by atoms with E-state index in [1.807, 2.05) is 0 Å². The smallest absolute Gasteiger partial charge is 0.352 e. The maximum Gasteiger partial charge on any atom is 0.352 e. The Labute approximate surface area is 160 Å². The molecule has 0 bridgehead atoms. The normalized spacial score (nSPS) is 10.8. The van der Waals surface area contributed by atoms with Gasteiger partial charge in [0.05, 0.1) is 5.56 Å². The molecule has 0 saturated carbocycles. The first-order valence-corrected chi connectivity index (χ1v) is 8.02. The Morgan fingerprint density at radius 3 is 2.66 bits per heavy atom. The highest BCUT2D eigenvalue weighted by Crippen LogP contribution is 2.34. The number of aromatic nitrogens is 6. The largest absolute Gasteiger partial charge is 0.451 e. The van der Waals surface area contributed by atoms with Gasteiger partial charge in [0.2, 0.25) is 0 Å². The number of benzene rings is 1. The Morgan fingerprint density at radius 1 is 1.24 bits per heavy atom. The first kappa shape index (κ1) is 18.2. The van der Waals surface area contributed by atoms with Gasteiger partial charge in [0.25, 0.3) is 0 Å². The van der Waals surface area contributed by atoms with Crippen LogP contribution in [-0.4, -0.2) is 36.4 Å². The molecule has 29 heavy (non-hydrogen) atoms. The van der Waals surface area contributed by atoms with Crippen LogP contribution in [0.5, 0.6) is 6.01 Å². The second-order valence-corrected chi connectivity index (χ2v) is 5.66. The van der Waals surface area contributed by atoms with E-state index in [1.165, 1.54) is 12.3 Å². The van der Waals surface area contributed by atoms with E-state index < -0.39 is 23.1 Å². The highest BCUT2D eigenvalue weighted by molar-refractivity contribution is 5.89. The molecule has 8 nitrogen and oxygen atoms in total. The quantitative estimate of drug-likeness (QED) is 0.417. The van der Waals surface area contributed by atoms with E-state index in [0.717, 1.165) is 16.6 Å². The van der Waals surface area contributed by atoms with Gasteiger partial charge in [-0.3, -0.25) is 4.98 Å². The first-order valence-electron chi connectivity index (χ1n) is 8.02. The number of ether oxygens (including phenoxy) is 1. The maximum atomic E-state index is 13.9. The number of hydrogen-bond acceptors (Lipinski definition) is 6. The van der Waals surface area contributed by atoms with E-state index in [4.69, 9.17) is 11.2 Å². The lowest BCUT2D eigenvalue weighted by atomic mass is 10.0. The summed E-state index contributed by atoms with van der Waals surface area (Å²) in [5.41, 5.74) is -0.689. The van der Waals surface area contributed by atoms with Gasteiger partial charge < -0.3 is 4.74 Å². The molecule has 0 atom stereocenters. The fourth-order valence-electron chi connectivity index (χ4n) is 2.67. The molecule has 0 spiro atoms. The third-order valence-corrected chi connectivity index (χ3v) is 3.85. The standard InChI is InChI=1S/C18H9F3N6O2/c1-2-6-29-17-23-16-13(9-7-10(19)14(21)11(20)8-9)15(12-4-3-5-22-25-12)26-27(16)18(28)24-17/h1,3-5,7-8H,6H2,(H,23,24,28). The lowest BCUT2D eigenvalue weighted by Gasteiger charge is -2.05. The van der Waals surface area contributed by atoms with Gasteiger partial charge in [0.15, 0.2) is 29.7 Å². The molecule has 0 radical (unpaired) electrons. The molecular weight excluding hydrogens is 389 g/mol. The average Bonchev–Trinajstić information content (AvgIpc) is 3.11. The van der Waals surface area contributed by atoms with Crippen LogP contribution in [0.4, 0.5) is 13.2 Å². The molecule has 1 aromatic carbocycles. The zero-order valence-electron chi connectivity index (χ0n) is 14.4. The first-order chi connectivity index (χ1) is 14.0. The second kappa shape index (κ2) is 7.08. The molecule has 11 heteroatoms. The number of aromatic amines is 1. The van der Waals surface area contributed by atoms with Crippen molar-refractivity contribution in [1.82, 2.24) is 29.8 Å². The van der Waals surface area contributed by atoms with Crippen LogP contribution in [0.25, 0.3) is 28.2 Å². The molecule has 0 aliphatic heterocycles. The van der Waals surface area contributed by atoms with Crippen molar-refractivity contribution in [2.24, 2.45) is 0 Å². The van der Waals surface area contributed by atoms with Gasteiger partial charge >= 0.3 is 11.7 Å². The van der Waals surface area contributed by atoms with Gasteiger partial charge in [-0.1, -0.05) is 5.92 Å². The van der Waals surface area contributed by atoms with Crippen LogP contribution in [0.1, 0.15) is 0 Å². The third-order valence-electron chi connectivity index (χ3n) is 3.85. The summed E-state index contributed by atoms with van der Waals surface area (Å²) in [6.45, 7) is -0.181. The minimum atomic E-state index is -1.63. The van der Waals surface area contributed by atoms with Gasteiger partial charge in [-0.25, -0.2) is 18.0 Å². The van der Waals surface area contributed by atoms with Crippen molar-refractivity contribution in [3.8, 4) is 40.9 Å². The van der Waals surface area contributed by atoms with Crippen LogP contribution in [-0.2, 0) is 0 Å². The number of fused-ring (bicyclic) bond motifs is 1. The molecule has 0 amide bonds. The molecule has 4 rings (SSSR count). The van der Waals surface area contributed by atoms with E-state index in [-0.39, 0.29) is 40.8 Å². The van der Waals surface area contributed by atoms with Gasteiger partial charge in [-0.05, 0) is 29.8 Å². The number of H-pyrrole nitrogens is 1. The minimum absolute atomic E-state index is 0.0277. The van der Waals surface area contributed by atoms with Gasteiger partial charge in [-0.2, -0.15) is 19.7 Å². The zero-order valence-corrected chi connectivity index (χ0v) is 14.4. The van der Waals surface area contributed by atoms with Crippen LogP contribution in [0, 0.1) is 29.8 Å². The fourth-order valence-corrected chi connectivity index (χ4v) is 2.67. The molecule has 0 aliphatic rings. The molecule has 144 valence electrons. The zero-order chi connectivity index (χ0) is 20.5. The number of nitrogens with one attached hydrogen (secondary N) is 1. The van der Waals surface area contributed by atoms with E-state index in [9.17, 15) is 18.0 Å². The molecule has 1 N–H and O–H groups in total. The molecule has 0 saturated heterocycles. The Morgan fingerprint density at radius 2 is 2.00 bits per heavy atom. The van der Waals surface area contributed by atoms with Crippen molar-refractivity contribution >= 4 is 5.65 Å². The summed E-state index contributed by atoms with van der Waals surface area (Å²) in [5, 5.41) is 11.8. The Kier molecular flexibility index (Phi) is 4.44. The summed E-state index contributed by atoms with van der Waals surface area (Å²) < 4.78 is 47.2.